The van der Waals surface area contributed by atoms with Crippen molar-refractivity contribution in [3.05, 3.63) is 93.5 Å². The quantitative estimate of drug-likeness (QED) is 0.0708. The summed E-state index contributed by atoms with van der Waals surface area (Å²) in [6.45, 7) is 4.58. The molecule has 3 aromatic rings. The summed E-state index contributed by atoms with van der Waals surface area (Å²) in [4.78, 5) is 10.3. The van der Waals surface area contributed by atoms with Crippen molar-refractivity contribution in [2.45, 2.75) is 94.3 Å². The van der Waals surface area contributed by atoms with Crippen LogP contribution in [0.25, 0.3) is 0 Å². The zero-order valence-electron chi connectivity index (χ0n) is 28.5. The minimum Gasteiger partial charge on any atom is -0.491 e. The summed E-state index contributed by atoms with van der Waals surface area (Å²) in [7, 11) is -4.18. The number of hydrogen-bond acceptors (Lipinski definition) is 9. The van der Waals surface area contributed by atoms with Gasteiger partial charge in [0.25, 0.3) is 15.7 Å². The second-order valence-corrected chi connectivity index (χ2v) is 14.4. The monoisotopic (exact) mass is 719 g/mol. The van der Waals surface area contributed by atoms with Gasteiger partial charge < -0.3 is 25.0 Å². The fourth-order valence-corrected chi connectivity index (χ4v) is 7.44. The first kappa shape index (κ1) is 39.1. The van der Waals surface area contributed by atoms with Crippen molar-refractivity contribution in [1.29, 1.82) is 0 Å². The van der Waals surface area contributed by atoms with Crippen molar-refractivity contribution in [1.82, 2.24) is 9.62 Å². The van der Waals surface area contributed by atoms with E-state index in [2.05, 4.69) is 12.2 Å². The zero-order chi connectivity index (χ0) is 36.3. The Labute approximate surface area is 292 Å². The van der Waals surface area contributed by atoms with Gasteiger partial charge in [-0.2, -0.15) is 4.31 Å². The number of nitrogens with zero attached hydrogens (tertiary/aromatic N) is 2. The number of aliphatic hydroxyl groups excluding tert-OH is 2. The van der Waals surface area contributed by atoms with E-state index >= 15 is 0 Å². The van der Waals surface area contributed by atoms with Crippen LogP contribution in [0, 0.1) is 21.7 Å². The standard InChI is InChI=1S/C21H25FN2O6S.C15H22FNO2/c1-15(16-8-11-18(22)20(14-16)30-13-5-4-12-25)23(17-9-10-17)31(28,29)21-7-3-2-6-19(21)24(26)27;1-11(17-13-5-6-13)12-4-7-14(16)15(10-12)19-9-3-2-8-18/h2-3,6-8,11,14-15,17,25H,4-5,9-10,12-13H2,1H3;4,7,10-11,13,17-18H,2-3,5-6,8-9H2,1H3. The van der Waals surface area contributed by atoms with Crippen LogP contribution < -0.4 is 14.8 Å². The topological polar surface area (TPSA) is 151 Å². The average Bonchev–Trinajstić information content (AvgIpc) is 4.04. The van der Waals surface area contributed by atoms with Crippen LogP contribution in [0.2, 0.25) is 0 Å². The SMILES string of the molecule is CC(NC1CC1)c1ccc(F)c(OCCCCO)c1.CC(c1ccc(F)c(OCCCCO)c1)N(C1CC1)S(=O)(=O)c1ccccc1[N+](=O)[O-]. The second kappa shape index (κ2) is 18.5. The summed E-state index contributed by atoms with van der Waals surface area (Å²) in [6, 6.07) is 14.3. The zero-order valence-corrected chi connectivity index (χ0v) is 29.3. The van der Waals surface area contributed by atoms with Gasteiger partial charge in [0.2, 0.25) is 0 Å². The number of benzene rings is 3. The maximum absolute atomic E-state index is 14.2. The Hall–Kier alpha value is -3.69. The van der Waals surface area contributed by atoms with Gasteiger partial charge in [-0.05, 0) is 107 Å². The van der Waals surface area contributed by atoms with Crippen LogP contribution in [-0.4, -0.2) is 66.4 Å². The van der Waals surface area contributed by atoms with E-state index in [0.29, 0.717) is 56.1 Å². The van der Waals surface area contributed by atoms with Crippen molar-refractivity contribution in [2.24, 2.45) is 0 Å². The maximum Gasteiger partial charge on any atom is 0.289 e. The molecule has 11 nitrogen and oxygen atoms in total. The van der Waals surface area contributed by atoms with Crippen molar-refractivity contribution >= 4 is 15.7 Å². The van der Waals surface area contributed by atoms with Gasteiger partial charge in [-0.3, -0.25) is 10.1 Å². The number of unbranched alkanes of at least 4 members (excludes halogenated alkanes) is 2. The molecule has 2 atom stereocenters. The molecular formula is C36H47F2N3O8S. The molecule has 274 valence electrons. The Morgan fingerprint density at radius 3 is 1.92 bits per heavy atom. The number of ether oxygens (including phenoxy) is 2. The van der Waals surface area contributed by atoms with Crippen LogP contribution in [0.15, 0.2) is 65.6 Å². The molecule has 3 N–H and O–H groups in total. The van der Waals surface area contributed by atoms with Crippen LogP contribution in [0.3, 0.4) is 0 Å². The van der Waals surface area contributed by atoms with E-state index in [1.165, 1.54) is 65.7 Å². The fourth-order valence-electron chi connectivity index (χ4n) is 5.42. The summed E-state index contributed by atoms with van der Waals surface area (Å²) < 4.78 is 66.9. The first-order valence-electron chi connectivity index (χ1n) is 17.1. The van der Waals surface area contributed by atoms with Gasteiger partial charge in [-0.25, -0.2) is 17.2 Å². The van der Waals surface area contributed by atoms with E-state index in [4.69, 9.17) is 19.7 Å². The van der Waals surface area contributed by atoms with Gasteiger partial charge >= 0.3 is 0 Å². The van der Waals surface area contributed by atoms with Gasteiger partial charge in [0, 0.05) is 43.4 Å². The Kier molecular flexibility index (Phi) is 14.5. The summed E-state index contributed by atoms with van der Waals surface area (Å²) in [5, 5.41) is 32.4. The molecule has 0 amide bonds. The van der Waals surface area contributed by atoms with Crippen LogP contribution in [0.4, 0.5) is 14.5 Å². The van der Waals surface area contributed by atoms with E-state index in [1.54, 1.807) is 19.1 Å². The highest BCUT2D eigenvalue weighted by atomic mass is 32.2. The molecule has 2 fully saturated rings. The smallest absolute Gasteiger partial charge is 0.289 e. The van der Waals surface area contributed by atoms with Gasteiger partial charge in [0.1, 0.15) is 0 Å². The molecule has 0 aliphatic heterocycles. The molecule has 14 heteroatoms. The number of halogens is 2. The van der Waals surface area contributed by atoms with Crippen LogP contribution in [0.5, 0.6) is 11.5 Å². The van der Waals surface area contributed by atoms with Gasteiger partial charge in [-0.15, -0.1) is 0 Å². The highest BCUT2D eigenvalue weighted by Crippen LogP contribution is 2.41. The summed E-state index contributed by atoms with van der Waals surface area (Å²) in [6.07, 6.45) is 6.26. The Bertz CT molecular complexity index is 1670. The number of hydrogen-bond donors (Lipinski definition) is 3. The fraction of sp³-hybridized carbons (Fsp3) is 0.500. The largest absolute Gasteiger partial charge is 0.491 e. The molecule has 2 saturated carbocycles. The highest BCUT2D eigenvalue weighted by molar-refractivity contribution is 7.89. The number of nitro benzene ring substituents is 1. The molecule has 2 aliphatic carbocycles. The number of rotatable bonds is 19. The van der Waals surface area contributed by atoms with Gasteiger partial charge in [0.05, 0.1) is 18.1 Å². The number of aliphatic hydroxyl groups is 2. The van der Waals surface area contributed by atoms with Crippen molar-refractivity contribution in [3.8, 4) is 11.5 Å². The first-order valence-corrected chi connectivity index (χ1v) is 18.5. The second-order valence-electron chi connectivity index (χ2n) is 12.6. The molecular weight excluding hydrogens is 672 g/mol. The molecule has 2 aliphatic rings. The third-order valence-corrected chi connectivity index (χ3v) is 10.6. The normalized spacial score (nSPS) is 15.6. The molecule has 3 aromatic carbocycles. The minimum absolute atomic E-state index is 0.00104. The predicted octanol–water partition coefficient (Wildman–Crippen LogP) is 6.59. The summed E-state index contributed by atoms with van der Waals surface area (Å²) in [5.74, 6) is -0.591. The molecule has 0 heterocycles. The lowest BCUT2D eigenvalue weighted by Gasteiger charge is -2.29. The minimum atomic E-state index is -4.18. The lowest BCUT2D eigenvalue weighted by Crippen LogP contribution is -2.36. The Morgan fingerprint density at radius 1 is 0.860 bits per heavy atom. The van der Waals surface area contributed by atoms with Crippen molar-refractivity contribution in [2.75, 3.05) is 26.4 Å². The van der Waals surface area contributed by atoms with Gasteiger partial charge in [-0.1, -0.05) is 24.3 Å². The van der Waals surface area contributed by atoms with Crippen LogP contribution in [-0.2, 0) is 10.0 Å². The van der Waals surface area contributed by atoms with E-state index in [-0.39, 0.29) is 48.4 Å². The van der Waals surface area contributed by atoms with Crippen molar-refractivity contribution in [3.63, 3.8) is 0 Å². The van der Waals surface area contributed by atoms with E-state index in [1.807, 2.05) is 0 Å². The van der Waals surface area contributed by atoms with E-state index in [0.717, 1.165) is 12.0 Å². The van der Waals surface area contributed by atoms with Crippen LogP contribution in [0.1, 0.15) is 88.4 Å². The van der Waals surface area contributed by atoms with Crippen LogP contribution >= 0.6 is 0 Å². The first-order chi connectivity index (χ1) is 24.0. The lowest BCUT2D eigenvalue weighted by molar-refractivity contribution is -0.387. The molecule has 0 saturated heterocycles. The highest BCUT2D eigenvalue weighted by Gasteiger charge is 2.44. The molecule has 0 radical (unpaired) electrons. The molecule has 50 heavy (non-hydrogen) atoms. The third-order valence-electron chi connectivity index (χ3n) is 8.48. The maximum atomic E-state index is 14.2. The molecule has 2 unspecified atom stereocenters. The van der Waals surface area contributed by atoms with E-state index < -0.39 is 32.5 Å². The average molecular weight is 720 g/mol. The Morgan fingerprint density at radius 2 is 1.40 bits per heavy atom. The predicted molar refractivity (Wildman–Crippen MR) is 185 cm³/mol. The third kappa shape index (κ3) is 10.9. The molecule has 0 bridgehead atoms. The number of para-hydroxylation sites is 1. The Balaban J connectivity index is 0.000000252. The molecule has 0 spiro atoms. The number of nitrogens with one attached hydrogen (secondary N) is 1. The van der Waals surface area contributed by atoms with Crippen molar-refractivity contribution < 1.29 is 41.8 Å². The molecule has 5 rings (SSSR count). The molecule has 0 aromatic heterocycles. The number of sulfonamides is 1. The lowest BCUT2D eigenvalue weighted by atomic mass is 10.1. The summed E-state index contributed by atoms with van der Waals surface area (Å²) >= 11 is 0. The van der Waals surface area contributed by atoms with Gasteiger partial charge in [0.15, 0.2) is 28.0 Å². The van der Waals surface area contributed by atoms with E-state index in [9.17, 15) is 27.3 Å². The number of nitro groups is 1. The summed E-state index contributed by atoms with van der Waals surface area (Å²) in [5.41, 5.74) is 1.09.